The van der Waals surface area contributed by atoms with Crippen molar-refractivity contribution < 1.29 is 23.8 Å². The van der Waals surface area contributed by atoms with Gasteiger partial charge in [0.15, 0.2) is 11.5 Å². The summed E-state index contributed by atoms with van der Waals surface area (Å²) in [7, 11) is 0. The molecule has 2 aliphatic heterocycles. The minimum atomic E-state index is -0.295. The Morgan fingerprint density at radius 1 is 1.15 bits per heavy atom. The molecule has 2 heterocycles. The number of hydrogen-bond donors (Lipinski definition) is 1. The SMILES string of the molecule is CCOC(=O)N1CCN(CC(=O)Nc2cc3c(cc2Br)OCCO3)CC1. The second-order valence-corrected chi connectivity index (χ2v) is 6.84. The van der Waals surface area contributed by atoms with E-state index in [1.807, 2.05) is 4.90 Å². The Kier molecular flexibility index (Phi) is 6.20. The van der Waals surface area contributed by atoms with Gasteiger partial charge in [0.1, 0.15) is 13.2 Å². The average molecular weight is 428 g/mol. The van der Waals surface area contributed by atoms with Crippen molar-refractivity contribution in [2.24, 2.45) is 0 Å². The van der Waals surface area contributed by atoms with Crippen LogP contribution in [0.2, 0.25) is 0 Å². The van der Waals surface area contributed by atoms with Crippen molar-refractivity contribution in [2.45, 2.75) is 6.92 Å². The minimum Gasteiger partial charge on any atom is -0.486 e. The van der Waals surface area contributed by atoms with Crippen LogP contribution in [0.5, 0.6) is 11.5 Å². The highest BCUT2D eigenvalue weighted by atomic mass is 79.9. The van der Waals surface area contributed by atoms with Crippen LogP contribution in [0.25, 0.3) is 0 Å². The molecule has 0 atom stereocenters. The fourth-order valence-corrected chi connectivity index (χ4v) is 3.28. The monoisotopic (exact) mass is 427 g/mol. The Bertz CT molecular complexity index is 677. The van der Waals surface area contributed by atoms with Gasteiger partial charge in [0, 0.05) is 42.8 Å². The molecule has 1 fully saturated rings. The summed E-state index contributed by atoms with van der Waals surface area (Å²) in [5, 5.41) is 2.89. The lowest BCUT2D eigenvalue weighted by Gasteiger charge is -2.33. The van der Waals surface area contributed by atoms with E-state index in [2.05, 4.69) is 21.2 Å². The fourth-order valence-electron chi connectivity index (χ4n) is 2.86. The molecular formula is C17H22BrN3O5. The molecule has 2 amide bonds. The lowest BCUT2D eigenvalue weighted by molar-refractivity contribution is -0.117. The van der Waals surface area contributed by atoms with E-state index >= 15 is 0 Å². The zero-order valence-corrected chi connectivity index (χ0v) is 16.2. The van der Waals surface area contributed by atoms with Crippen LogP contribution in [0.3, 0.4) is 0 Å². The Balaban J connectivity index is 1.51. The van der Waals surface area contributed by atoms with Crippen LogP contribution < -0.4 is 14.8 Å². The van der Waals surface area contributed by atoms with Crippen molar-refractivity contribution in [3.8, 4) is 11.5 Å². The number of rotatable bonds is 4. The first-order valence-corrected chi connectivity index (χ1v) is 9.39. The number of amides is 2. The van der Waals surface area contributed by atoms with Gasteiger partial charge in [-0.25, -0.2) is 4.79 Å². The molecule has 0 radical (unpaired) electrons. The highest BCUT2D eigenvalue weighted by Crippen LogP contribution is 2.38. The molecule has 1 aromatic rings. The molecule has 26 heavy (non-hydrogen) atoms. The van der Waals surface area contributed by atoms with E-state index < -0.39 is 0 Å². The molecule has 1 aromatic carbocycles. The number of carbonyl (C=O) groups is 2. The van der Waals surface area contributed by atoms with E-state index in [-0.39, 0.29) is 18.5 Å². The van der Waals surface area contributed by atoms with Crippen LogP contribution in [0, 0.1) is 0 Å². The molecule has 142 valence electrons. The van der Waals surface area contributed by atoms with Crippen molar-refractivity contribution >= 4 is 33.6 Å². The van der Waals surface area contributed by atoms with Gasteiger partial charge in [0.2, 0.25) is 5.91 Å². The zero-order chi connectivity index (χ0) is 18.5. The zero-order valence-electron chi connectivity index (χ0n) is 14.6. The topological polar surface area (TPSA) is 80.3 Å². The fraction of sp³-hybridized carbons (Fsp3) is 0.529. The van der Waals surface area contributed by atoms with Gasteiger partial charge < -0.3 is 24.4 Å². The molecule has 0 saturated carbocycles. The number of halogens is 1. The van der Waals surface area contributed by atoms with Gasteiger partial charge in [-0.2, -0.15) is 0 Å². The van der Waals surface area contributed by atoms with E-state index in [9.17, 15) is 9.59 Å². The number of fused-ring (bicyclic) bond motifs is 1. The Morgan fingerprint density at radius 2 is 1.81 bits per heavy atom. The number of piperazine rings is 1. The maximum Gasteiger partial charge on any atom is 0.409 e. The van der Waals surface area contributed by atoms with E-state index in [1.54, 1.807) is 24.0 Å². The highest BCUT2D eigenvalue weighted by molar-refractivity contribution is 9.10. The van der Waals surface area contributed by atoms with Crippen molar-refractivity contribution in [1.82, 2.24) is 9.80 Å². The van der Waals surface area contributed by atoms with Gasteiger partial charge in [0.05, 0.1) is 18.8 Å². The van der Waals surface area contributed by atoms with E-state index in [0.29, 0.717) is 63.2 Å². The lowest BCUT2D eigenvalue weighted by atomic mass is 10.2. The van der Waals surface area contributed by atoms with Gasteiger partial charge in [-0.1, -0.05) is 0 Å². The summed E-state index contributed by atoms with van der Waals surface area (Å²) in [5.41, 5.74) is 0.643. The van der Waals surface area contributed by atoms with E-state index in [1.165, 1.54) is 0 Å². The normalized spacial score (nSPS) is 16.9. The van der Waals surface area contributed by atoms with Crippen LogP contribution in [0.4, 0.5) is 10.5 Å². The molecule has 1 N–H and O–H groups in total. The summed E-state index contributed by atoms with van der Waals surface area (Å²) in [6.45, 7) is 5.80. The molecule has 0 spiro atoms. The van der Waals surface area contributed by atoms with Crippen molar-refractivity contribution in [3.63, 3.8) is 0 Å². The minimum absolute atomic E-state index is 0.119. The molecule has 8 nitrogen and oxygen atoms in total. The van der Waals surface area contributed by atoms with Gasteiger partial charge >= 0.3 is 6.09 Å². The molecule has 0 unspecified atom stereocenters. The van der Waals surface area contributed by atoms with E-state index in [4.69, 9.17) is 14.2 Å². The number of nitrogens with one attached hydrogen (secondary N) is 1. The number of nitrogens with zero attached hydrogens (tertiary/aromatic N) is 2. The number of carbonyl (C=O) groups excluding carboxylic acids is 2. The lowest BCUT2D eigenvalue weighted by Crippen LogP contribution is -2.50. The Morgan fingerprint density at radius 3 is 2.46 bits per heavy atom. The molecule has 1 saturated heterocycles. The summed E-state index contributed by atoms with van der Waals surface area (Å²) in [5.74, 6) is 1.17. The summed E-state index contributed by atoms with van der Waals surface area (Å²) in [6.07, 6.45) is -0.295. The molecule has 0 aromatic heterocycles. The second-order valence-electron chi connectivity index (χ2n) is 5.99. The van der Waals surface area contributed by atoms with Crippen LogP contribution in [0.15, 0.2) is 16.6 Å². The summed E-state index contributed by atoms with van der Waals surface area (Å²) < 4.78 is 16.8. The first-order chi connectivity index (χ1) is 12.6. The van der Waals surface area contributed by atoms with Crippen LogP contribution in [-0.2, 0) is 9.53 Å². The molecule has 0 aliphatic carbocycles. The number of ether oxygens (including phenoxy) is 3. The van der Waals surface area contributed by atoms with Crippen molar-refractivity contribution in [2.75, 3.05) is 57.9 Å². The third-order valence-corrected chi connectivity index (χ3v) is 4.83. The first kappa shape index (κ1) is 18.8. The summed E-state index contributed by atoms with van der Waals surface area (Å²) >= 11 is 3.45. The Labute approximate surface area is 160 Å². The predicted octanol–water partition coefficient (Wildman–Crippen LogP) is 1.93. The number of hydrogen-bond acceptors (Lipinski definition) is 6. The molecule has 2 aliphatic rings. The quantitative estimate of drug-likeness (QED) is 0.790. The second kappa shape index (κ2) is 8.59. The predicted molar refractivity (Wildman–Crippen MR) is 98.8 cm³/mol. The molecule has 9 heteroatoms. The van der Waals surface area contributed by atoms with Crippen molar-refractivity contribution in [3.05, 3.63) is 16.6 Å². The smallest absolute Gasteiger partial charge is 0.409 e. The maximum atomic E-state index is 12.4. The number of benzene rings is 1. The van der Waals surface area contributed by atoms with Crippen LogP contribution in [0.1, 0.15) is 6.92 Å². The standard InChI is InChI=1S/C17H22BrN3O5/c1-2-24-17(23)21-5-3-20(4-6-21)11-16(22)19-13-10-15-14(9-12(13)18)25-7-8-26-15/h9-10H,2-8,11H2,1H3,(H,19,22). The summed E-state index contributed by atoms with van der Waals surface area (Å²) in [4.78, 5) is 27.7. The van der Waals surface area contributed by atoms with Crippen LogP contribution in [-0.4, -0.2) is 74.3 Å². The number of anilines is 1. The molecule has 0 bridgehead atoms. The maximum absolute atomic E-state index is 12.4. The third kappa shape index (κ3) is 4.59. The third-order valence-electron chi connectivity index (χ3n) is 4.17. The van der Waals surface area contributed by atoms with E-state index in [0.717, 1.165) is 4.47 Å². The van der Waals surface area contributed by atoms with Gasteiger partial charge in [-0.15, -0.1) is 0 Å². The van der Waals surface area contributed by atoms with Crippen LogP contribution >= 0.6 is 15.9 Å². The first-order valence-electron chi connectivity index (χ1n) is 8.60. The van der Waals surface area contributed by atoms with Gasteiger partial charge in [0.25, 0.3) is 0 Å². The van der Waals surface area contributed by atoms with Gasteiger partial charge in [-0.3, -0.25) is 9.69 Å². The average Bonchev–Trinajstić information content (AvgIpc) is 2.63. The molecular weight excluding hydrogens is 406 g/mol. The Hall–Kier alpha value is -2.00. The largest absolute Gasteiger partial charge is 0.486 e. The van der Waals surface area contributed by atoms with Crippen molar-refractivity contribution in [1.29, 1.82) is 0 Å². The summed E-state index contributed by atoms with van der Waals surface area (Å²) in [6, 6.07) is 3.55. The molecule has 3 rings (SSSR count). The van der Waals surface area contributed by atoms with Gasteiger partial charge in [-0.05, 0) is 22.9 Å². The highest BCUT2D eigenvalue weighted by Gasteiger charge is 2.23.